The van der Waals surface area contributed by atoms with Gasteiger partial charge in [-0.15, -0.1) is 0 Å². The van der Waals surface area contributed by atoms with Gasteiger partial charge in [-0.1, -0.05) is 38.1 Å². The third kappa shape index (κ3) is 7.92. The highest BCUT2D eigenvalue weighted by Gasteiger charge is 2.21. The van der Waals surface area contributed by atoms with Crippen LogP contribution in [0.3, 0.4) is 0 Å². The molecule has 0 unspecified atom stereocenters. The number of halogens is 1. The van der Waals surface area contributed by atoms with Gasteiger partial charge in [-0.25, -0.2) is 9.38 Å². The molecule has 0 aliphatic rings. The standard InChI is InChI=1S/C24H33FN4O2/c1-6-26-23(28-17-24(2,3)19-10-8-11-20(25)14-19)27-15-18-9-7-12-21(13-18)31-16-22(30)29(4)5/h7-14H,6,15-17H2,1-5H3,(H2,26,27,28). The second-order valence-corrected chi connectivity index (χ2v) is 8.17. The van der Waals surface area contributed by atoms with Crippen molar-refractivity contribution < 1.29 is 13.9 Å². The number of carbonyl (C=O) groups is 1. The fraction of sp³-hybridized carbons (Fsp3) is 0.417. The molecule has 0 bridgehead atoms. The van der Waals surface area contributed by atoms with Crippen LogP contribution < -0.4 is 15.4 Å². The molecule has 0 spiro atoms. The maximum Gasteiger partial charge on any atom is 0.259 e. The number of benzene rings is 2. The zero-order chi connectivity index (χ0) is 22.9. The summed E-state index contributed by atoms with van der Waals surface area (Å²) in [5.41, 5.74) is 1.62. The smallest absolute Gasteiger partial charge is 0.259 e. The number of guanidine groups is 1. The first-order valence-corrected chi connectivity index (χ1v) is 10.4. The molecule has 0 saturated heterocycles. The molecule has 2 aromatic carbocycles. The number of hydrogen-bond donors (Lipinski definition) is 2. The summed E-state index contributed by atoms with van der Waals surface area (Å²) in [6.45, 7) is 7.90. The van der Waals surface area contributed by atoms with Crippen LogP contribution in [0.2, 0.25) is 0 Å². The molecule has 0 aliphatic carbocycles. The fourth-order valence-electron chi connectivity index (χ4n) is 2.84. The van der Waals surface area contributed by atoms with Crippen LogP contribution in [0, 0.1) is 5.82 Å². The monoisotopic (exact) mass is 428 g/mol. The van der Waals surface area contributed by atoms with Gasteiger partial charge in [0.15, 0.2) is 12.6 Å². The largest absolute Gasteiger partial charge is 0.484 e. The van der Waals surface area contributed by atoms with Gasteiger partial charge in [0.25, 0.3) is 5.91 Å². The summed E-state index contributed by atoms with van der Waals surface area (Å²) in [7, 11) is 3.39. The third-order valence-corrected chi connectivity index (χ3v) is 4.83. The number of nitrogens with zero attached hydrogens (tertiary/aromatic N) is 2. The van der Waals surface area contributed by atoms with Crippen LogP contribution in [-0.4, -0.2) is 50.6 Å². The molecule has 7 heteroatoms. The highest BCUT2D eigenvalue weighted by molar-refractivity contribution is 5.80. The van der Waals surface area contributed by atoms with E-state index in [2.05, 4.69) is 29.5 Å². The molecular formula is C24H33FN4O2. The number of amides is 1. The van der Waals surface area contributed by atoms with Crippen molar-refractivity contribution in [2.45, 2.75) is 32.7 Å². The van der Waals surface area contributed by atoms with E-state index >= 15 is 0 Å². The molecule has 2 aromatic rings. The summed E-state index contributed by atoms with van der Waals surface area (Å²) in [5.74, 6) is 0.984. The van der Waals surface area contributed by atoms with E-state index in [-0.39, 0.29) is 23.7 Å². The van der Waals surface area contributed by atoms with Gasteiger partial charge in [0.05, 0.1) is 6.54 Å². The first kappa shape index (κ1) is 24.2. The Balaban J connectivity index is 2.01. The molecule has 2 rings (SSSR count). The predicted molar refractivity (Wildman–Crippen MR) is 123 cm³/mol. The average Bonchev–Trinajstić information content (AvgIpc) is 2.74. The summed E-state index contributed by atoms with van der Waals surface area (Å²) in [6, 6.07) is 14.2. The van der Waals surface area contributed by atoms with Crippen LogP contribution in [0.15, 0.2) is 53.5 Å². The molecule has 0 aromatic heterocycles. The van der Waals surface area contributed by atoms with Crippen LogP contribution in [0.4, 0.5) is 4.39 Å². The van der Waals surface area contributed by atoms with E-state index in [4.69, 9.17) is 4.74 Å². The lowest BCUT2D eigenvalue weighted by Crippen LogP contribution is -2.43. The van der Waals surface area contributed by atoms with E-state index in [1.165, 1.54) is 11.0 Å². The van der Waals surface area contributed by atoms with Gasteiger partial charge in [-0.05, 0) is 42.3 Å². The molecule has 0 aliphatic heterocycles. The molecular weight excluding hydrogens is 395 g/mol. The quantitative estimate of drug-likeness (QED) is 0.475. The number of ether oxygens (including phenoxy) is 1. The minimum atomic E-state index is -0.273. The molecule has 0 saturated carbocycles. The minimum Gasteiger partial charge on any atom is -0.484 e. The number of aliphatic imine (C=N–C) groups is 1. The van der Waals surface area contributed by atoms with E-state index in [0.29, 0.717) is 24.8 Å². The highest BCUT2D eigenvalue weighted by Crippen LogP contribution is 2.22. The number of likely N-dealkylation sites (N-methyl/N-ethyl adjacent to an activating group) is 1. The van der Waals surface area contributed by atoms with Crippen molar-refractivity contribution in [2.24, 2.45) is 4.99 Å². The Morgan fingerprint density at radius 1 is 1.13 bits per heavy atom. The first-order chi connectivity index (χ1) is 14.7. The number of rotatable bonds is 9. The normalized spacial score (nSPS) is 11.7. The van der Waals surface area contributed by atoms with Gasteiger partial charge < -0.3 is 20.3 Å². The summed E-state index contributed by atoms with van der Waals surface area (Å²) >= 11 is 0. The lowest BCUT2D eigenvalue weighted by Gasteiger charge is -2.27. The van der Waals surface area contributed by atoms with Crippen molar-refractivity contribution in [1.82, 2.24) is 15.5 Å². The first-order valence-electron chi connectivity index (χ1n) is 10.4. The van der Waals surface area contributed by atoms with Crippen LogP contribution in [0.25, 0.3) is 0 Å². The Kier molecular flexibility index (Phi) is 8.85. The molecule has 6 nitrogen and oxygen atoms in total. The maximum absolute atomic E-state index is 13.6. The minimum absolute atomic E-state index is 0.000913. The summed E-state index contributed by atoms with van der Waals surface area (Å²) in [6.07, 6.45) is 0. The third-order valence-electron chi connectivity index (χ3n) is 4.83. The molecule has 2 N–H and O–H groups in total. The van der Waals surface area contributed by atoms with Crippen LogP contribution >= 0.6 is 0 Å². The van der Waals surface area contributed by atoms with Crippen LogP contribution in [0.5, 0.6) is 5.75 Å². The molecule has 168 valence electrons. The molecule has 0 fully saturated rings. The van der Waals surface area contributed by atoms with Gasteiger partial charge in [-0.2, -0.15) is 0 Å². The van der Waals surface area contributed by atoms with E-state index in [1.54, 1.807) is 26.2 Å². The Bertz CT molecular complexity index is 897. The van der Waals surface area contributed by atoms with Crippen LogP contribution in [-0.2, 0) is 16.8 Å². The Morgan fingerprint density at radius 2 is 1.87 bits per heavy atom. The van der Waals surface area contributed by atoms with Crippen molar-refractivity contribution in [3.8, 4) is 5.75 Å². The second kappa shape index (κ2) is 11.3. The predicted octanol–water partition coefficient (Wildman–Crippen LogP) is 3.33. The summed E-state index contributed by atoms with van der Waals surface area (Å²) in [4.78, 5) is 17.8. The van der Waals surface area contributed by atoms with Gasteiger partial charge in [0.2, 0.25) is 0 Å². The highest BCUT2D eigenvalue weighted by atomic mass is 19.1. The van der Waals surface area contributed by atoms with Crippen molar-refractivity contribution in [3.05, 3.63) is 65.5 Å². The zero-order valence-electron chi connectivity index (χ0n) is 19.0. The second-order valence-electron chi connectivity index (χ2n) is 8.17. The number of nitrogens with one attached hydrogen (secondary N) is 2. The van der Waals surface area contributed by atoms with Crippen molar-refractivity contribution >= 4 is 11.9 Å². The van der Waals surface area contributed by atoms with Crippen molar-refractivity contribution in [1.29, 1.82) is 0 Å². The Labute approximate surface area is 184 Å². The molecule has 0 radical (unpaired) electrons. The molecule has 1 amide bonds. The lowest BCUT2D eigenvalue weighted by atomic mass is 9.84. The van der Waals surface area contributed by atoms with E-state index in [1.807, 2.05) is 37.3 Å². The van der Waals surface area contributed by atoms with Gasteiger partial charge in [0, 0.05) is 32.6 Å². The van der Waals surface area contributed by atoms with Gasteiger partial charge >= 0.3 is 0 Å². The molecule has 0 heterocycles. The van der Waals surface area contributed by atoms with E-state index < -0.39 is 0 Å². The Morgan fingerprint density at radius 3 is 2.55 bits per heavy atom. The maximum atomic E-state index is 13.6. The number of carbonyl (C=O) groups excluding carboxylic acids is 1. The summed E-state index contributed by atoms with van der Waals surface area (Å²) < 4.78 is 19.2. The SMILES string of the molecule is CCNC(=NCc1cccc(OCC(=O)N(C)C)c1)NCC(C)(C)c1cccc(F)c1. The Hall–Kier alpha value is -3.09. The van der Waals surface area contributed by atoms with Gasteiger partial charge in [-0.3, -0.25) is 4.79 Å². The molecule has 0 atom stereocenters. The lowest BCUT2D eigenvalue weighted by molar-refractivity contribution is -0.130. The average molecular weight is 429 g/mol. The van der Waals surface area contributed by atoms with Crippen molar-refractivity contribution in [2.75, 3.05) is 33.8 Å². The van der Waals surface area contributed by atoms with Gasteiger partial charge in [0.1, 0.15) is 11.6 Å². The zero-order valence-corrected chi connectivity index (χ0v) is 19.0. The van der Waals surface area contributed by atoms with E-state index in [9.17, 15) is 9.18 Å². The summed E-state index contributed by atoms with van der Waals surface area (Å²) in [5, 5.41) is 6.59. The molecule has 31 heavy (non-hydrogen) atoms. The van der Waals surface area contributed by atoms with Crippen LogP contribution in [0.1, 0.15) is 31.9 Å². The fourth-order valence-corrected chi connectivity index (χ4v) is 2.84. The topological polar surface area (TPSA) is 66.0 Å². The van der Waals surface area contributed by atoms with E-state index in [0.717, 1.165) is 17.7 Å². The number of hydrogen-bond acceptors (Lipinski definition) is 3. The van der Waals surface area contributed by atoms with Crippen molar-refractivity contribution in [3.63, 3.8) is 0 Å².